The lowest BCUT2D eigenvalue weighted by Crippen LogP contribution is -2.26. The van der Waals surface area contributed by atoms with Crippen LogP contribution >= 0.6 is 0 Å². The first-order valence-electron chi connectivity index (χ1n) is 10.4. The fourth-order valence-corrected chi connectivity index (χ4v) is 3.86. The van der Waals surface area contributed by atoms with E-state index in [1.165, 1.54) is 57.1 Å². The predicted molar refractivity (Wildman–Crippen MR) is 126 cm³/mol. The summed E-state index contributed by atoms with van der Waals surface area (Å²) < 4.78 is 45.7. The Hall–Kier alpha value is -4.20. The van der Waals surface area contributed by atoms with Crippen molar-refractivity contribution in [1.82, 2.24) is 29.3 Å². The third-order valence-corrected chi connectivity index (χ3v) is 6.00. The Morgan fingerprint density at radius 1 is 1.28 bits per heavy atom. The Balaban J connectivity index is 1.81. The number of alkyl halides is 2. The lowest BCUT2D eigenvalue weighted by atomic mass is 10.1. The highest BCUT2D eigenvalue weighted by molar-refractivity contribution is 7.84. The predicted octanol–water partition coefficient (Wildman–Crippen LogP) is 2.27. The van der Waals surface area contributed by atoms with Crippen molar-refractivity contribution in [2.24, 2.45) is 0 Å². The molecule has 4 rings (SSSR count). The molecule has 0 fully saturated rings. The second kappa shape index (κ2) is 10.2. The monoisotopic (exact) mass is 517 g/mol. The molecule has 4 aromatic rings. The van der Waals surface area contributed by atoms with Crippen LogP contribution in [0, 0.1) is 0 Å². The van der Waals surface area contributed by atoms with Crippen LogP contribution in [0.5, 0.6) is 5.75 Å². The number of likely N-dealkylation sites (N-methyl/N-ethyl adjacent to an activating group) is 1. The zero-order chi connectivity index (χ0) is 26.0. The van der Waals surface area contributed by atoms with Gasteiger partial charge in [-0.15, -0.1) is 0 Å². The summed E-state index contributed by atoms with van der Waals surface area (Å²) in [4.78, 5) is 31.3. The normalized spacial score (nSPS) is 12.1. The number of hydrogen-bond donors (Lipinski definition) is 1. The summed E-state index contributed by atoms with van der Waals surface area (Å²) in [5.41, 5.74) is 0.678. The molecule has 2 amide bonds. The van der Waals surface area contributed by atoms with E-state index in [0.717, 1.165) is 0 Å². The van der Waals surface area contributed by atoms with Gasteiger partial charge < -0.3 is 15.0 Å². The highest BCUT2D eigenvalue weighted by Gasteiger charge is 2.23. The number of nitrogens with one attached hydrogen (secondary N) is 1. The average molecular weight is 518 g/mol. The Kier molecular flexibility index (Phi) is 7.05. The Bertz CT molecular complexity index is 1470. The van der Waals surface area contributed by atoms with Crippen LogP contribution in [0.3, 0.4) is 0 Å². The van der Waals surface area contributed by atoms with Crippen molar-refractivity contribution in [3.63, 3.8) is 0 Å². The number of carbonyl (C=O) groups is 2. The summed E-state index contributed by atoms with van der Waals surface area (Å²) in [7, 11) is 1.70. The standard InChI is InChI=1S/C22H21F2N7O4S/c1-29(2)18(32)12-30-11-16(27-21(33)15-10-26-31-8-4-7-25-20(15)31)19(28-30)14-9-13(36(3)34)5-6-17(14)35-22(23)24/h4-11,22H,12H2,1-3H3,(H,27,33). The highest BCUT2D eigenvalue weighted by Crippen LogP contribution is 2.36. The van der Waals surface area contributed by atoms with Crippen molar-refractivity contribution in [2.45, 2.75) is 18.1 Å². The smallest absolute Gasteiger partial charge is 0.387 e. The van der Waals surface area contributed by atoms with Gasteiger partial charge in [0.2, 0.25) is 5.91 Å². The maximum atomic E-state index is 13.1. The van der Waals surface area contributed by atoms with E-state index < -0.39 is 23.3 Å². The lowest BCUT2D eigenvalue weighted by molar-refractivity contribution is -0.129. The quantitative estimate of drug-likeness (QED) is 0.380. The van der Waals surface area contributed by atoms with Crippen molar-refractivity contribution in [3.8, 4) is 17.0 Å². The zero-order valence-electron chi connectivity index (χ0n) is 19.4. The number of anilines is 1. The molecule has 0 aliphatic heterocycles. The summed E-state index contributed by atoms with van der Waals surface area (Å²) in [6.07, 6.45) is 7.30. The Morgan fingerprint density at radius 3 is 2.75 bits per heavy atom. The van der Waals surface area contributed by atoms with Crippen LogP contribution in [-0.4, -0.2) is 72.3 Å². The molecule has 0 saturated carbocycles. The van der Waals surface area contributed by atoms with Gasteiger partial charge in [-0.3, -0.25) is 18.5 Å². The Labute approximate surface area is 206 Å². The molecule has 0 radical (unpaired) electrons. The molecule has 0 spiro atoms. The number of hydrogen-bond acceptors (Lipinski definition) is 7. The summed E-state index contributed by atoms with van der Waals surface area (Å²) >= 11 is 0. The number of rotatable bonds is 8. The number of nitrogens with zero attached hydrogens (tertiary/aromatic N) is 6. The van der Waals surface area contributed by atoms with Gasteiger partial charge in [-0.2, -0.15) is 19.0 Å². The van der Waals surface area contributed by atoms with E-state index in [0.29, 0.717) is 10.5 Å². The van der Waals surface area contributed by atoms with Gasteiger partial charge in [0.05, 0.1) is 11.9 Å². The first-order valence-corrected chi connectivity index (χ1v) is 12.0. The molecule has 3 aromatic heterocycles. The van der Waals surface area contributed by atoms with E-state index in [-0.39, 0.29) is 40.7 Å². The summed E-state index contributed by atoms with van der Waals surface area (Å²) in [5, 5.41) is 11.1. The number of halogens is 2. The van der Waals surface area contributed by atoms with Crippen LogP contribution in [0.2, 0.25) is 0 Å². The summed E-state index contributed by atoms with van der Waals surface area (Å²) in [5.74, 6) is -1.12. The summed E-state index contributed by atoms with van der Waals surface area (Å²) in [6, 6.07) is 5.69. The van der Waals surface area contributed by atoms with Crippen LogP contribution in [0.1, 0.15) is 10.4 Å². The van der Waals surface area contributed by atoms with Gasteiger partial charge in [0, 0.05) is 60.2 Å². The minimum Gasteiger partial charge on any atom is -0.434 e. The molecule has 1 unspecified atom stereocenters. The van der Waals surface area contributed by atoms with Crippen LogP contribution in [-0.2, 0) is 22.1 Å². The topological polar surface area (TPSA) is 124 Å². The second-order valence-electron chi connectivity index (χ2n) is 7.77. The second-order valence-corrected chi connectivity index (χ2v) is 9.15. The molecular formula is C22H21F2N7O4S. The number of carbonyl (C=O) groups excluding carboxylic acids is 2. The zero-order valence-corrected chi connectivity index (χ0v) is 20.2. The molecule has 1 N–H and O–H groups in total. The molecule has 0 bridgehead atoms. The average Bonchev–Trinajstić information content (AvgIpc) is 3.42. The minimum absolute atomic E-state index is 0.0438. The number of benzene rings is 1. The van der Waals surface area contributed by atoms with Crippen molar-refractivity contribution in [3.05, 3.63) is 54.6 Å². The van der Waals surface area contributed by atoms with Gasteiger partial charge >= 0.3 is 6.61 Å². The van der Waals surface area contributed by atoms with Crippen molar-refractivity contribution in [2.75, 3.05) is 25.7 Å². The van der Waals surface area contributed by atoms with Crippen molar-refractivity contribution < 1.29 is 27.3 Å². The van der Waals surface area contributed by atoms with Gasteiger partial charge in [-0.25, -0.2) is 9.50 Å². The van der Waals surface area contributed by atoms with Gasteiger partial charge in [0.25, 0.3) is 5.91 Å². The molecule has 0 saturated heterocycles. The van der Waals surface area contributed by atoms with Gasteiger partial charge in [-0.1, -0.05) is 0 Å². The van der Waals surface area contributed by atoms with E-state index >= 15 is 0 Å². The number of fused-ring (bicyclic) bond motifs is 1. The molecule has 0 aliphatic rings. The molecule has 1 atom stereocenters. The molecule has 11 nitrogen and oxygen atoms in total. The third kappa shape index (κ3) is 5.22. The number of aromatic nitrogens is 5. The molecule has 1 aromatic carbocycles. The SMILES string of the molecule is CN(C)C(=O)Cn1cc(NC(=O)c2cnn3cccnc23)c(-c2cc(S(C)=O)ccc2OC(F)F)n1. The van der Waals surface area contributed by atoms with E-state index in [1.54, 1.807) is 26.4 Å². The fraction of sp³-hybridized carbons (Fsp3) is 0.227. The van der Waals surface area contributed by atoms with Gasteiger partial charge in [-0.05, 0) is 24.3 Å². The first kappa shape index (κ1) is 24.9. The fourth-order valence-electron chi connectivity index (χ4n) is 3.32. The third-order valence-electron chi connectivity index (χ3n) is 5.08. The maximum Gasteiger partial charge on any atom is 0.387 e. The molecule has 14 heteroatoms. The molecular weight excluding hydrogens is 496 g/mol. The summed E-state index contributed by atoms with van der Waals surface area (Å²) in [6.45, 7) is -3.32. The van der Waals surface area contributed by atoms with E-state index in [2.05, 4.69) is 25.2 Å². The van der Waals surface area contributed by atoms with E-state index in [1.807, 2.05) is 0 Å². The van der Waals surface area contributed by atoms with Crippen LogP contribution in [0.4, 0.5) is 14.5 Å². The molecule has 3 heterocycles. The lowest BCUT2D eigenvalue weighted by Gasteiger charge is -2.12. The van der Waals surface area contributed by atoms with Crippen LogP contribution in [0.25, 0.3) is 16.9 Å². The largest absolute Gasteiger partial charge is 0.434 e. The number of amides is 2. The Morgan fingerprint density at radius 2 is 2.06 bits per heavy atom. The maximum absolute atomic E-state index is 13.1. The van der Waals surface area contributed by atoms with Crippen LogP contribution in [0.15, 0.2) is 53.9 Å². The van der Waals surface area contributed by atoms with E-state index in [4.69, 9.17) is 0 Å². The highest BCUT2D eigenvalue weighted by atomic mass is 32.2. The van der Waals surface area contributed by atoms with Crippen molar-refractivity contribution in [1.29, 1.82) is 0 Å². The molecule has 0 aliphatic carbocycles. The minimum atomic E-state index is -3.14. The molecule has 188 valence electrons. The first-order chi connectivity index (χ1) is 17.1. The van der Waals surface area contributed by atoms with Crippen LogP contribution < -0.4 is 10.1 Å². The van der Waals surface area contributed by atoms with Crippen molar-refractivity contribution >= 4 is 33.9 Å². The number of ether oxygens (including phenoxy) is 1. The van der Waals surface area contributed by atoms with E-state index in [9.17, 15) is 22.6 Å². The van der Waals surface area contributed by atoms with Gasteiger partial charge in [0.1, 0.15) is 23.6 Å². The molecule has 36 heavy (non-hydrogen) atoms. The van der Waals surface area contributed by atoms with Gasteiger partial charge in [0.15, 0.2) is 5.65 Å².